The van der Waals surface area contributed by atoms with Crippen molar-refractivity contribution < 1.29 is 33.4 Å². The molecule has 0 bridgehead atoms. The number of allylic oxidation sites excluding steroid dienone is 1. The molecule has 0 atom stereocenters. The number of esters is 3. The molecule has 10 heteroatoms. The van der Waals surface area contributed by atoms with Crippen LogP contribution in [0.5, 0.6) is 0 Å². The van der Waals surface area contributed by atoms with Crippen molar-refractivity contribution in [3.63, 3.8) is 0 Å². The number of methoxy groups -OCH3 is 2. The predicted octanol–water partition coefficient (Wildman–Crippen LogP) is 4.68. The number of benzene rings is 1. The zero-order valence-corrected chi connectivity index (χ0v) is 20.8. The van der Waals surface area contributed by atoms with Gasteiger partial charge in [0.15, 0.2) is 0 Å². The van der Waals surface area contributed by atoms with Crippen LogP contribution in [0.25, 0.3) is 5.70 Å². The maximum absolute atomic E-state index is 13.4. The van der Waals surface area contributed by atoms with Gasteiger partial charge in [-0.3, -0.25) is 4.79 Å². The highest BCUT2D eigenvalue weighted by Crippen LogP contribution is 2.27. The van der Waals surface area contributed by atoms with Crippen LogP contribution >= 0.6 is 27.7 Å². The zero-order valence-electron chi connectivity index (χ0n) is 18.4. The van der Waals surface area contributed by atoms with Crippen LogP contribution in [-0.4, -0.2) is 49.1 Å². The minimum absolute atomic E-state index is 0.0479. The lowest BCUT2D eigenvalue weighted by molar-refractivity contribution is -0.137. The number of carbonyl (C=O) groups is 4. The molecule has 0 saturated carbocycles. The standard InChI is InChI=1S/C23H22BrNO7S/c1-5-32-18(26)10-11-33-13-14(2)25-12-17(22(28)30-3)19(23(29)31-4)20(25)21(27)15-6-8-16(24)9-7-15/h6-13H,5H2,1-4H3/b11-10+,14-13-. The van der Waals surface area contributed by atoms with E-state index in [2.05, 4.69) is 15.9 Å². The third-order valence-corrected chi connectivity index (χ3v) is 5.61. The van der Waals surface area contributed by atoms with Crippen molar-refractivity contribution in [3.8, 4) is 0 Å². The van der Waals surface area contributed by atoms with E-state index in [0.29, 0.717) is 11.3 Å². The van der Waals surface area contributed by atoms with E-state index in [1.165, 1.54) is 29.4 Å². The quantitative estimate of drug-likeness (QED) is 0.197. The van der Waals surface area contributed by atoms with Crippen molar-refractivity contribution in [1.82, 2.24) is 4.57 Å². The third-order valence-electron chi connectivity index (χ3n) is 4.31. The van der Waals surface area contributed by atoms with E-state index in [-0.39, 0.29) is 23.4 Å². The summed E-state index contributed by atoms with van der Waals surface area (Å²) in [4.78, 5) is 49.9. The van der Waals surface area contributed by atoms with Gasteiger partial charge in [0.1, 0.15) is 11.3 Å². The Hall–Kier alpha value is -3.11. The van der Waals surface area contributed by atoms with Gasteiger partial charge in [0.2, 0.25) is 5.78 Å². The van der Waals surface area contributed by atoms with Crippen molar-refractivity contribution >= 4 is 57.1 Å². The molecule has 1 aromatic carbocycles. The zero-order chi connectivity index (χ0) is 24.5. The number of carbonyl (C=O) groups excluding carboxylic acids is 4. The van der Waals surface area contributed by atoms with Gasteiger partial charge in [0.05, 0.1) is 26.4 Å². The van der Waals surface area contributed by atoms with Crippen LogP contribution in [0.2, 0.25) is 0 Å². The first kappa shape index (κ1) is 26.1. The Bertz CT molecular complexity index is 1120. The number of ether oxygens (including phenoxy) is 3. The molecule has 0 fully saturated rings. The highest BCUT2D eigenvalue weighted by atomic mass is 79.9. The normalized spacial score (nSPS) is 11.4. The molecule has 0 aliphatic rings. The minimum Gasteiger partial charge on any atom is -0.465 e. The van der Waals surface area contributed by atoms with Gasteiger partial charge >= 0.3 is 17.9 Å². The lowest BCUT2D eigenvalue weighted by Gasteiger charge is -2.11. The molecular weight excluding hydrogens is 514 g/mol. The summed E-state index contributed by atoms with van der Waals surface area (Å²) in [5, 5.41) is 3.17. The molecule has 1 heterocycles. The molecule has 0 aliphatic carbocycles. The average Bonchev–Trinajstić information content (AvgIpc) is 3.21. The summed E-state index contributed by atoms with van der Waals surface area (Å²) in [5.74, 6) is -2.61. The van der Waals surface area contributed by atoms with Crippen molar-refractivity contribution in [2.24, 2.45) is 0 Å². The third kappa shape index (κ3) is 6.45. The molecule has 33 heavy (non-hydrogen) atoms. The Kier molecular flexibility index (Phi) is 9.68. The molecule has 0 saturated heterocycles. The van der Waals surface area contributed by atoms with Crippen LogP contribution in [0, 0.1) is 0 Å². The molecular formula is C23H22BrNO7S. The Morgan fingerprint density at radius 1 is 1.06 bits per heavy atom. The lowest BCUT2D eigenvalue weighted by atomic mass is 10.0. The summed E-state index contributed by atoms with van der Waals surface area (Å²) in [7, 11) is 2.34. The highest BCUT2D eigenvalue weighted by molar-refractivity contribution is 9.10. The molecule has 0 radical (unpaired) electrons. The second kappa shape index (κ2) is 12.2. The molecule has 0 amide bonds. The maximum Gasteiger partial charge on any atom is 0.341 e. The van der Waals surface area contributed by atoms with Gasteiger partial charge in [0.25, 0.3) is 0 Å². The van der Waals surface area contributed by atoms with Crippen LogP contribution < -0.4 is 0 Å². The SMILES string of the molecule is CCOC(=O)/C=C/S/C=C(/C)n1cc(C(=O)OC)c(C(=O)OC)c1C(=O)c1ccc(Br)cc1. The Morgan fingerprint density at radius 3 is 2.27 bits per heavy atom. The lowest BCUT2D eigenvalue weighted by Crippen LogP contribution is -2.16. The minimum atomic E-state index is -0.850. The number of rotatable bonds is 9. The van der Waals surface area contributed by atoms with Gasteiger partial charge in [0, 0.05) is 28.0 Å². The molecule has 8 nitrogen and oxygen atoms in total. The summed E-state index contributed by atoms with van der Waals surface area (Å²) in [6, 6.07) is 6.58. The number of thioether (sulfide) groups is 1. The van der Waals surface area contributed by atoms with E-state index in [9.17, 15) is 19.2 Å². The Morgan fingerprint density at radius 2 is 1.70 bits per heavy atom. The molecule has 0 spiro atoms. The summed E-state index contributed by atoms with van der Waals surface area (Å²) >= 11 is 4.48. The summed E-state index contributed by atoms with van der Waals surface area (Å²) in [6.07, 6.45) is 2.62. The van der Waals surface area contributed by atoms with Gasteiger partial charge < -0.3 is 18.8 Å². The second-order valence-electron chi connectivity index (χ2n) is 6.41. The molecule has 1 aromatic heterocycles. The van der Waals surface area contributed by atoms with E-state index >= 15 is 0 Å². The molecule has 174 valence electrons. The van der Waals surface area contributed by atoms with Crippen LogP contribution in [0.4, 0.5) is 0 Å². The van der Waals surface area contributed by atoms with Gasteiger partial charge in [-0.05, 0) is 48.9 Å². The van der Waals surface area contributed by atoms with Gasteiger partial charge in [-0.2, -0.15) is 0 Å². The Labute approximate surface area is 203 Å². The first-order valence-electron chi connectivity index (χ1n) is 9.63. The fourth-order valence-electron chi connectivity index (χ4n) is 2.80. The number of ketones is 1. The number of aromatic nitrogens is 1. The van der Waals surface area contributed by atoms with E-state index in [1.807, 2.05) is 0 Å². The fourth-order valence-corrected chi connectivity index (χ4v) is 3.64. The first-order chi connectivity index (χ1) is 15.7. The van der Waals surface area contributed by atoms with Crippen molar-refractivity contribution in [1.29, 1.82) is 0 Å². The van der Waals surface area contributed by atoms with Gasteiger partial charge in [-0.15, -0.1) is 11.8 Å². The van der Waals surface area contributed by atoms with Crippen LogP contribution in [0.15, 0.2) is 51.8 Å². The number of hydrogen-bond donors (Lipinski definition) is 0. The van der Waals surface area contributed by atoms with Crippen molar-refractivity contribution in [3.05, 3.63) is 74.2 Å². The number of hydrogen-bond acceptors (Lipinski definition) is 8. The molecule has 0 unspecified atom stereocenters. The number of nitrogens with zero attached hydrogens (tertiary/aromatic N) is 1. The first-order valence-corrected chi connectivity index (χ1v) is 11.4. The van der Waals surface area contributed by atoms with E-state index < -0.39 is 23.7 Å². The summed E-state index contributed by atoms with van der Waals surface area (Å²) in [6.45, 7) is 3.66. The van der Waals surface area contributed by atoms with Crippen LogP contribution in [-0.2, 0) is 19.0 Å². The van der Waals surface area contributed by atoms with Crippen molar-refractivity contribution in [2.75, 3.05) is 20.8 Å². The highest BCUT2D eigenvalue weighted by Gasteiger charge is 2.32. The molecule has 0 N–H and O–H groups in total. The average molecular weight is 536 g/mol. The smallest absolute Gasteiger partial charge is 0.341 e. The molecule has 2 aromatic rings. The van der Waals surface area contributed by atoms with Crippen LogP contribution in [0.1, 0.15) is 50.6 Å². The Balaban J connectivity index is 2.61. The van der Waals surface area contributed by atoms with Gasteiger partial charge in [-0.1, -0.05) is 15.9 Å². The van der Waals surface area contributed by atoms with Crippen molar-refractivity contribution in [2.45, 2.75) is 13.8 Å². The molecule has 2 rings (SSSR count). The van der Waals surface area contributed by atoms with E-state index in [4.69, 9.17) is 14.2 Å². The van der Waals surface area contributed by atoms with Gasteiger partial charge in [-0.25, -0.2) is 14.4 Å². The van der Waals surface area contributed by atoms with E-state index in [0.717, 1.165) is 23.3 Å². The summed E-state index contributed by atoms with van der Waals surface area (Å²) < 4.78 is 16.7. The molecule has 0 aliphatic heterocycles. The maximum atomic E-state index is 13.4. The monoisotopic (exact) mass is 535 g/mol. The predicted molar refractivity (Wildman–Crippen MR) is 128 cm³/mol. The van der Waals surface area contributed by atoms with E-state index in [1.54, 1.807) is 43.5 Å². The topological polar surface area (TPSA) is 101 Å². The fraction of sp³-hybridized carbons (Fsp3) is 0.217. The van der Waals surface area contributed by atoms with Crippen LogP contribution in [0.3, 0.4) is 0 Å². The second-order valence-corrected chi connectivity index (χ2v) is 8.10. The number of halogens is 1. The largest absolute Gasteiger partial charge is 0.465 e. The summed E-state index contributed by atoms with van der Waals surface area (Å²) in [5.41, 5.74) is 0.464.